The van der Waals surface area contributed by atoms with Crippen LogP contribution in [0.1, 0.15) is 25.7 Å². The molecule has 0 bridgehead atoms. The first-order chi connectivity index (χ1) is 13.2. The number of aromatic nitrogens is 1. The summed E-state index contributed by atoms with van der Waals surface area (Å²) in [6.07, 6.45) is 2.08. The van der Waals surface area contributed by atoms with E-state index in [1.54, 1.807) is 6.07 Å². The van der Waals surface area contributed by atoms with Crippen LogP contribution in [0, 0.1) is 0 Å². The SMILES string of the molecule is O=C(O)CCCCCn1c2ccc(Br)cc2c(=O)c2cc(S(=O)(=O)O)ccc21. The lowest BCUT2D eigenvalue weighted by atomic mass is 10.1. The molecule has 148 valence electrons. The molecule has 0 atom stereocenters. The second kappa shape index (κ2) is 8.02. The molecular weight excluding hydrogens is 450 g/mol. The molecule has 0 amide bonds. The number of aliphatic carboxylic acids is 1. The van der Waals surface area contributed by atoms with E-state index in [1.165, 1.54) is 18.2 Å². The second-order valence-electron chi connectivity index (χ2n) is 6.50. The van der Waals surface area contributed by atoms with Crippen molar-refractivity contribution in [3.8, 4) is 0 Å². The molecular formula is C19H18BrNO6S. The first-order valence-corrected chi connectivity index (χ1v) is 10.9. The molecule has 28 heavy (non-hydrogen) atoms. The Morgan fingerprint density at radius 3 is 2.29 bits per heavy atom. The van der Waals surface area contributed by atoms with Crippen LogP contribution >= 0.6 is 15.9 Å². The zero-order chi connectivity index (χ0) is 20.5. The van der Waals surface area contributed by atoms with E-state index in [0.717, 1.165) is 4.47 Å². The van der Waals surface area contributed by atoms with Gasteiger partial charge in [-0.05, 0) is 49.2 Å². The molecule has 0 unspecified atom stereocenters. The average Bonchev–Trinajstić information content (AvgIpc) is 2.62. The van der Waals surface area contributed by atoms with Gasteiger partial charge in [0.05, 0.1) is 15.9 Å². The maximum Gasteiger partial charge on any atom is 0.303 e. The van der Waals surface area contributed by atoms with Gasteiger partial charge in [-0.25, -0.2) is 0 Å². The number of hydrogen-bond donors (Lipinski definition) is 2. The molecule has 0 radical (unpaired) electrons. The summed E-state index contributed by atoms with van der Waals surface area (Å²) < 4.78 is 34.9. The number of aryl methyl sites for hydroxylation is 1. The summed E-state index contributed by atoms with van der Waals surface area (Å²) in [6.45, 7) is 0.541. The van der Waals surface area contributed by atoms with Crippen LogP contribution in [0.4, 0.5) is 0 Å². The van der Waals surface area contributed by atoms with Crippen LogP contribution in [-0.4, -0.2) is 28.6 Å². The Labute approximate surface area is 169 Å². The highest BCUT2D eigenvalue weighted by Gasteiger charge is 2.16. The van der Waals surface area contributed by atoms with Crippen LogP contribution in [0.2, 0.25) is 0 Å². The first kappa shape index (κ1) is 20.5. The topological polar surface area (TPSA) is 114 Å². The fraction of sp³-hybridized carbons (Fsp3) is 0.263. The maximum atomic E-state index is 12.9. The van der Waals surface area contributed by atoms with Gasteiger partial charge in [-0.1, -0.05) is 22.4 Å². The Morgan fingerprint density at radius 2 is 1.64 bits per heavy atom. The summed E-state index contributed by atoms with van der Waals surface area (Å²) in [6, 6.07) is 9.28. The van der Waals surface area contributed by atoms with Crippen molar-refractivity contribution in [1.82, 2.24) is 4.57 Å². The number of benzene rings is 2. The highest BCUT2D eigenvalue weighted by atomic mass is 79.9. The highest BCUT2D eigenvalue weighted by Crippen LogP contribution is 2.25. The predicted octanol–water partition coefficient (Wildman–Crippen LogP) is 3.81. The van der Waals surface area contributed by atoms with E-state index in [4.69, 9.17) is 5.11 Å². The fourth-order valence-electron chi connectivity index (χ4n) is 3.26. The molecule has 0 spiro atoms. The Morgan fingerprint density at radius 1 is 1.00 bits per heavy atom. The second-order valence-corrected chi connectivity index (χ2v) is 8.84. The minimum Gasteiger partial charge on any atom is -0.481 e. The molecule has 3 aromatic rings. The molecule has 0 aliphatic carbocycles. The third kappa shape index (κ3) is 4.26. The molecule has 2 N–H and O–H groups in total. The van der Waals surface area contributed by atoms with Gasteiger partial charge in [0.25, 0.3) is 10.1 Å². The summed E-state index contributed by atoms with van der Waals surface area (Å²) in [5.41, 5.74) is 0.947. The van der Waals surface area contributed by atoms with Gasteiger partial charge in [0.2, 0.25) is 0 Å². The number of carbonyl (C=O) groups is 1. The van der Waals surface area contributed by atoms with Crippen LogP contribution < -0.4 is 5.43 Å². The van der Waals surface area contributed by atoms with Crippen molar-refractivity contribution in [2.75, 3.05) is 0 Å². The van der Waals surface area contributed by atoms with Gasteiger partial charge in [-0.3, -0.25) is 14.1 Å². The number of unbranched alkanes of at least 4 members (excludes halogenated alkanes) is 2. The van der Waals surface area contributed by atoms with Gasteiger partial charge < -0.3 is 9.67 Å². The van der Waals surface area contributed by atoms with Gasteiger partial charge >= 0.3 is 5.97 Å². The minimum absolute atomic E-state index is 0.107. The fourth-order valence-corrected chi connectivity index (χ4v) is 4.12. The summed E-state index contributed by atoms with van der Waals surface area (Å²) in [7, 11) is -4.43. The highest BCUT2D eigenvalue weighted by molar-refractivity contribution is 9.10. The number of pyridine rings is 1. The molecule has 9 heteroatoms. The summed E-state index contributed by atoms with van der Waals surface area (Å²) in [5, 5.41) is 9.38. The van der Waals surface area contributed by atoms with Crippen molar-refractivity contribution in [2.45, 2.75) is 37.1 Å². The van der Waals surface area contributed by atoms with Crippen LogP contribution in [0.3, 0.4) is 0 Å². The number of halogens is 1. The Hall–Kier alpha value is -2.23. The lowest BCUT2D eigenvalue weighted by molar-refractivity contribution is -0.137. The van der Waals surface area contributed by atoms with Gasteiger partial charge in [0.15, 0.2) is 5.43 Å². The van der Waals surface area contributed by atoms with Gasteiger partial charge in [-0.2, -0.15) is 8.42 Å². The lowest BCUT2D eigenvalue weighted by Crippen LogP contribution is -2.13. The van der Waals surface area contributed by atoms with E-state index in [1.807, 2.05) is 16.7 Å². The Kier molecular flexibility index (Phi) is 5.87. The van der Waals surface area contributed by atoms with E-state index in [-0.39, 0.29) is 22.1 Å². The van der Waals surface area contributed by atoms with Gasteiger partial charge in [-0.15, -0.1) is 0 Å². The van der Waals surface area contributed by atoms with Gasteiger partial charge in [0.1, 0.15) is 0 Å². The number of carboxylic acids is 1. The number of carboxylic acid groups (broad SMARTS) is 1. The quantitative estimate of drug-likeness (QED) is 0.310. The molecule has 0 fully saturated rings. The van der Waals surface area contributed by atoms with E-state index < -0.39 is 16.1 Å². The van der Waals surface area contributed by atoms with Crippen LogP contribution in [0.5, 0.6) is 0 Å². The zero-order valence-electron chi connectivity index (χ0n) is 14.8. The third-order valence-corrected chi connectivity index (χ3v) is 5.91. The summed E-state index contributed by atoms with van der Waals surface area (Å²) >= 11 is 3.35. The molecule has 3 rings (SSSR count). The Balaban J connectivity index is 2.14. The van der Waals surface area contributed by atoms with Crippen LogP contribution in [0.15, 0.2) is 50.6 Å². The molecule has 0 saturated heterocycles. The third-order valence-electron chi connectivity index (χ3n) is 4.57. The predicted molar refractivity (Wildman–Crippen MR) is 109 cm³/mol. The molecule has 0 saturated carbocycles. The molecule has 0 aliphatic rings. The molecule has 7 nitrogen and oxygen atoms in total. The van der Waals surface area contributed by atoms with Crippen LogP contribution in [-0.2, 0) is 21.5 Å². The van der Waals surface area contributed by atoms with Crippen molar-refractivity contribution in [3.63, 3.8) is 0 Å². The average molecular weight is 468 g/mol. The standard InChI is InChI=1S/C19H18BrNO6S/c20-12-5-7-16-14(10-12)19(24)15-11-13(28(25,26)27)6-8-17(15)21(16)9-3-1-2-4-18(22)23/h5-8,10-11H,1-4,9H2,(H,22,23)(H,25,26,27). The number of nitrogens with zero attached hydrogens (tertiary/aromatic N) is 1. The molecule has 1 heterocycles. The monoisotopic (exact) mass is 467 g/mol. The largest absolute Gasteiger partial charge is 0.481 e. The smallest absolute Gasteiger partial charge is 0.303 e. The summed E-state index contributed by atoms with van der Waals surface area (Å²) in [4.78, 5) is 23.3. The van der Waals surface area contributed by atoms with Crippen molar-refractivity contribution in [3.05, 3.63) is 51.1 Å². The zero-order valence-corrected chi connectivity index (χ0v) is 17.2. The molecule has 0 aliphatic heterocycles. The minimum atomic E-state index is -4.43. The Bertz CT molecular complexity index is 1230. The van der Waals surface area contributed by atoms with E-state index >= 15 is 0 Å². The number of fused-ring (bicyclic) bond motifs is 2. The van der Waals surface area contributed by atoms with E-state index in [2.05, 4.69) is 15.9 Å². The first-order valence-electron chi connectivity index (χ1n) is 8.63. The number of rotatable bonds is 7. The van der Waals surface area contributed by atoms with E-state index in [0.29, 0.717) is 42.2 Å². The maximum absolute atomic E-state index is 12.9. The number of hydrogen-bond acceptors (Lipinski definition) is 4. The van der Waals surface area contributed by atoms with E-state index in [9.17, 15) is 22.6 Å². The van der Waals surface area contributed by atoms with Crippen molar-refractivity contribution >= 4 is 53.8 Å². The van der Waals surface area contributed by atoms with Crippen LogP contribution in [0.25, 0.3) is 21.8 Å². The van der Waals surface area contributed by atoms with Crippen molar-refractivity contribution < 1.29 is 22.9 Å². The van der Waals surface area contributed by atoms with Gasteiger partial charge in [0, 0.05) is 28.2 Å². The summed E-state index contributed by atoms with van der Waals surface area (Å²) in [5.74, 6) is -0.832. The van der Waals surface area contributed by atoms with Crippen molar-refractivity contribution in [2.24, 2.45) is 0 Å². The normalized spacial score (nSPS) is 11.9. The van der Waals surface area contributed by atoms with Crippen molar-refractivity contribution in [1.29, 1.82) is 0 Å². The lowest BCUT2D eigenvalue weighted by Gasteiger charge is -2.16. The molecule has 1 aromatic heterocycles. The molecule has 2 aromatic carbocycles.